The Kier molecular flexibility index (Phi) is 6.31. The Morgan fingerprint density at radius 2 is 1.90 bits per heavy atom. The van der Waals surface area contributed by atoms with Crippen LogP contribution in [-0.4, -0.2) is 27.5 Å². The second kappa shape index (κ2) is 6.93. The van der Waals surface area contributed by atoms with Gasteiger partial charge in [0.2, 0.25) is 10.0 Å². The topological polar surface area (TPSA) is 72.5 Å². The summed E-state index contributed by atoms with van der Waals surface area (Å²) < 4.78 is 32.0. The van der Waals surface area contributed by atoms with E-state index in [1.807, 2.05) is 0 Å². The second-order valence-electron chi connectivity index (χ2n) is 4.16. The van der Waals surface area contributed by atoms with E-state index >= 15 is 0 Å². The van der Waals surface area contributed by atoms with Crippen molar-refractivity contribution < 1.29 is 17.9 Å². The smallest absolute Gasteiger partial charge is 0.324 e. The average molecular weight is 425 g/mol. The van der Waals surface area contributed by atoms with E-state index in [-0.39, 0.29) is 24.0 Å². The van der Waals surface area contributed by atoms with Gasteiger partial charge in [-0.2, -0.15) is 4.72 Å². The molecule has 1 atom stereocenters. The molecule has 0 bridgehead atoms. The van der Waals surface area contributed by atoms with Crippen molar-refractivity contribution in [1.82, 2.24) is 4.72 Å². The zero-order valence-corrected chi connectivity index (χ0v) is 15.5. The summed E-state index contributed by atoms with van der Waals surface area (Å²) in [5.41, 5.74) is 0. The molecule has 0 aliphatic heterocycles. The molecular weight excluding hydrogens is 413 g/mol. The van der Waals surface area contributed by atoms with Crippen molar-refractivity contribution in [1.29, 1.82) is 0 Å². The predicted molar refractivity (Wildman–Crippen MR) is 83.0 cm³/mol. The Hall–Kier alpha value is 0.140. The maximum Gasteiger partial charge on any atom is 0.324 e. The molecule has 0 amide bonds. The molecule has 0 saturated carbocycles. The summed E-state index contributed by atoms with van der Waals surface area (Å²) in [5.74, 6) is -0.957. The fourth-order valence-corrected chi connectivity index (χ4v) is 6.27. The van der Waals surface area contributed by atoms with Gasteiger partial charge in [0.05, 0.1) is 11.6 Å². The summed E-state index contributed by atoms with van der Waals surface area (Å²) in [7, 11) is -2.81. The number of ether oxygens (including phenoxy) is 1. The van der Waals surface area contributed by atoms with Crippen LogP contribution >= 0.6 is 50.5 Å². The van der Waals surface area contributed by atoms with Crippen molar-refractivity contribution in [2.45, 2.75) is 24.8 Å². The average Bonchev–Trinajstić information content (AvgIpc) is 2.59. The zero-order chi connectivity index (χ0) is 15.7. The van der Waals surface area contributed by atoms with Gasteiger partial charge in [-0.05, 0) is 21.8 Å². The first-order valence-electron chi connectivity index (χ1n) is 5.35. The van der Waals surface area contributed by atoms with Gasteiger partial charge in [0.1, 0.15) is 19.6 Å². The molecule has 0 unspecified atom stereocenters. The van der Waals surface area contributed by atoms with Gasteiger partial charge in [-0.15, -0.1) is 11.3 Å². The van der Waals surface area contributed by atoms with Crippen LogP contribution in [0.5, 0.6) is 0 Å². The molecule has 20 heavy (non-hydrogen) atoms. The SMILES string of the molecule is COC(=O)[C@@H](NS(=O)(=O)c1c(Cl)sc(Cl)c1Br)C(C)C. The third-order valence-electron chi connectivity index (χ3n) is 2.40. The van der Waals surface area contributed by atoms with Crippen LogP contribution in [0.2, 0.25) is 8.67 Å². The van der Waals surface area contributed by atoms with Crippen molar-refractivity contribution in [3.8, 4) is 0 Å². The summed E-state index contributed by atoms with van der Waals surface area (Å²) in [5, 5.41) is 0. The number of halogens is 3. The number of methoxy groups -OCH3 is 1. The predicted octanol–water partition coefficient (Wildman–Crippen LogP) is 3.29. The van der Waals surface area contributed by atoms with Crippen LogP contribution < -0.4 is 4.72 Å². The molecule has 1 N–H and O–H groups in total. The van der Waals surface area contributed by atoms with Crippen LogP contribution in [-0.2, 0) is 19.6 Å². The minimum absolute atomic E-state index is 0.0155. The molecule has 1 heterocycles. The molecule has 114 valence electrons. The Morgan fingerprint density at radius 3 is 2.25 bits per heavy atom. The van der Waals surface area contributed by atoms with Gasteiger partial charge in [0.15, 0.2) is 0 Å². The lowest BCUT2D eigenvalue weighted by molar-refractivity contribution is -0.143. The number of hydrogen-bond acceptors (Lipinski definition) is 5. The zero-order valence-electron chi connectivity index (χ0n) is 10.7. The number of nitrogens with one attached hydrogen (secondary N) is 1. The van der Waals surface area contributed by atoms with Crippen molar-refractivity contribution in [3.05, 3.63) is 13.1 Å². The van der Waals surface area contributed by atoms with E-state index in [1.165, 1.54) is 7.11 Å². The number of esters is 1. The Labute approximate surface area is 139 Å². The van der Waals surface area contributed by atoms with Gasteiger partial charge in [0.25, 0.3) is 0 Å². The second-order valence-corrected chi connectivity index (χ2v) is 8.83. The minimum Gasteiger partial charge on any atom is -0.468 e. The van der Waals surface area contributed by atoms with Gasteiger partial charge in [-0.1, -0.05) is 37.0 Å². The lowest BCUT2D eigenvalue weighted by atomic mass is 10.1. The summed E-state index contributed by atoms with van der Waals surface area (Å²) in [4.78, 5) is 11.4. The molecule has 0 radical (unpaired) electrons. The van der Waals surface area contributed by atoms with Gasteiger partial charge in [-0.3, -0.25) is 4.79 Å². The molecule has 0 aliphatic rings. The minimum atomic E-state index is -4.00. The third kappa shape index (κ3) is 3.86. The maximum absolute atomic E-state index is 12.3. The summed E-state index contributed by atoms with van der Waals surface area (Å²) in [6.07, 6.45) is 0. The highest BCUT2D eigenvalue weighted by atomic mass is 79.9. The molecule has 1 aromatic heterocycles. The van der Waals surface area contributed by atoms with Crippen LogP contribution in [0.1, 0.15) is 13.8 Å². The van der Waals surface area contributed by atoms with E-state index in [1.54, 1.807) is 13.8 Å². The number of carbonyl (C=O) groups is 1. The number of hydrogen-bond donors (Lipinski definition) is 1. The monoisotopic (exact) mass is 423 g/mol. The van der Waals surface area contributed by atoms with Crippen molar-refractivity contribution in [2.75, 3.05) is 7.11 Å². The number of thiophene rings is 1. The van der Waals surface area contributed by atoms with Gasteiger partial charge in [0, 0.05) is 0 Å². The van der Waals surface area contributed by atoms with E-state index in [0.29, 0.717) is 0 Å². The van der Waals surface area contributed by atoms with E-state index in [4.69, 9.17) is 23.2 Å². The summed E-state index contributed by atoms with van der Waals surface area (Å²) in [6, 6.07) is -1.01. The third-order valence-corrected chi connectivity index (χ3v) is 7.31. The van der Waals surface area contributed by atoms with Crippen molar-refractivity contribution >= 4 is 66.5 Å². The van der Waals surface area contributed by atoms with E-state index in [9.17, 15) is 13.2 Å². The molecular formula is C10H12BrCl2NO4S2. The van der Waals surface area contributed by atoms with Gasteiger partial charge in [-0.25, -0.2) is 8.42 Å². The Balaban J connectivity index is 3.20. The van der Waals surface area contributed by atoms with Crippen molar-refractivity contribution in [2.24, 2.45) is 5.92 Å². The Bertz CT molecular complexity index is 615. The first-order valence-corrected chi connectivity index (χ1v) is 9.20. The fourth-order valence-electron chi connectivity index (χ4n) is 1.38. The Morgan fingerprint density at radius 1 is 1.35 bits per heavy atom. The highest BCUT2D eigenvalue weighted by Gasteiger charge is 2.33. The van der Waals surface area contributed by atoms with Crippen LogP contribution in [0.3, 0.4) is 0 Å². The highest BCUT2D eigenvalue weighted by Crippen LogP contribution is 2.42. The molecule has 10 heteroatoms. The van der Waals surface area contributed by atoms with E-state index < -0.39 is 22.0 Å². The quantitative estimate of drug-likeness (QED) is 0.736. The van der Waals surface area contributed by atoms with Crippen LogP contribution in [0.15, 0.2) is 9.37 Å². The lowest BCUT2D eigenvalue weighted by Crippen LogP contribution is -2.44. The van der Waals surface area contributed by atoms with E-state index in [2.05, 4.69) is 25.4 Å². The van der Waals surface area contributed by atoms with Crippen LogP contribution in [0.4, 0.5) is 0 Å². The molecule has 0 saturated heterocycles. The molecule has 0 aromatic carbocycles. The molecule has 5 nitrogen and oxygen atoms in total. The summed E-state index contributed by atoms with van der Waals surface area (Å²) >= 11 is 15.7. The molecule has 0 aliphatic carbocycles. The largest absolute Gasteiger partial charge is 0.468 e. The lowest BCUT2D eigenvalue weighted by Gasteiger charge is -2.19. The van der Waals surface area contributed by atoms with E-state index in [0.717, 1.165) is 11.3 Å². The van der Waals surface area contributed by atoms with Gasteiger partial charge >= 0.3 is 5.97 Å². The number of rotatable bonds is 5. The van der Waals surface area contributed by atoms with Gasteiger partial charge < -0.3 is 4.74 Å². The van der Waals surface area contributed by atoms with Crippen LogP contribution in [0, 0.1) is 5.92 Å². The molecule has 0 fully saturated rings. The maximum atomic E-state index is 12.3. The molecule has 1 rings (SSSR count). The normalized spacial score (nSPS) is 13.6. The first kappa shape index (κ1) is 18.2. The number of sulfonamides is 1. The standard InChI is InChI=1S/C10H12BrCl2NO4S2/c1-4(2)6(10(15)18-3)14-20(16,17)7-5(11)8(12)19-9(7)13/h4,6,14H,1-3H3/t6-/m0/s1. The van der Waals surface area contributed by atoms with Crippen molar-refractivity contribution in [3.63, 3.8) is 0 Å². The summed E-state index contributed by atoms with van der Waals surface area (Å²) in [6.45, 7) is 3.39. The number of carbonyl (C=O) groups excluding carboxylic acids is 1. The first-order chi connectivity index (χ1) is 9.11. The molecule has 0 spiro atoms. The van der Waals surface area contributed by atoms with Crippen LogP contribution in [0.25, 0.3) is 0 Å². The molecule has 1 aromatic rings. The highest BCUT2D eigenvalue weighted by molar-refractivity contribution is 9.10. The fraction of sp³-hybridized carbons (Fsp3) is 0.500.